The van der Waals surface area contributed by atoms with Gasteiger partial charge in [0.05, 0.1) is 0 Å². The molecule has 110 valence electrons. The van der Waals surface area contributed by atoms with Crippen LogP contribution in [0, 0.1) is 6.92 Å². The van der Waals surface area contributed by atoms with E-state index in [9.17, 15) is 4.79 Å². The molecule has 0 aliphatic heterocycles. The highest BCUT2D eigenvalue weighted by molar-refractivity contribution is 5.92. The SMILES string of the molecule is CCCNc1cc(C(=O)NCc2ccccc2)nc(C)n1. The summed E-state index contributed by atoms with van der Waals surface area (Å²) < 4.78 is 0. The number of rotatable bonds is 6. The molecule has 2 aromatic rings. The predicted octanol–water partition coefficient (Wildman–Crippen LogP) is 2.54. The van der Waals surface area contributed by atoms with Crippen molar-refractivity contribution in [2.45, 2.75) is 26.8 Å². The number of amides is 1. The molecular formula is C16H20N4O. The third-order valence-corrected chi connectivity index (χ3v) is 2.92. The van der Waals surface area contributed by atoms with E-state index in [0.29, 0.717) is 23.9 Å². The Kier molecular flexibility index (Phi) is 5.26. The van der Waals surface area contributed by atoms with Crippen molar-refractivity contribution in [3.63, 3.8) is 0 Å². The summed E-state index contributed by atoms with van der Waals surface area (Å²) in [5, 5.41) is 6.04. The largest absolute Gasteiger partial charge is 0.370 e. The minimum atomic E-state index is -0.191. The van der Waals surface area contributed by atoms with Crippen LogP contribution in [0.5, 0.6) is 0 Å². The smallest absolute Gasteiger partial charge is 0.270 e. The van der Waals surface area contributed by atoms with Gasteiger partial charge in [0.2, 0.25) is 0 Å². The minimum absolute atomic E-state index is 0.191. The Morgan fingerprint density at radius 3 is 2.67 bits per heavy atom. The second kappa shape index (κ2) is 7.38. The highest BCUT2D eigenvalue weighted by Gasteiger charge is 2.10. The first-order valence-corrected chi connectivity index (χ1v) is 7.10. The van der Waals surface area contributed by atoms with E-state index in [1.165, 1.54) is 0 Å². The molecule has 0 atom stereocenters. The first-order valence-electron chi connectivity index (χ1n) is 7.10. The van der Waals surface area contributed by atoms with Gasteiger partial charge in [-0.1, -0.05) is 37.3 Å². The quantitative estimate of drug-likeness (QED) is 0.855. The molecule has 1 heterocycles. The standard InChI is InChI=1S/C16H20N4O/c1-3-9-17-15-10-14(19-12(2)20-15)16(21)18-11-13-7-5-4-6-8-13/h4-8,10H,3,9,11H2,1-2H3,(H,18,21)(H,17,19,20). The van der Waals surface area contributed by atoms with Gasteiger partial charge in [-0.3, -0.25) is 4.79 Å². The van der Waals surface area contributed by atoms with Crippen LogP contribution in [-0.4, -0.2) is 22.4 Å². The molecule has 1 aromatic heterocycles. The van der Waals surface area contributed by atoms with Gasteiger partial charge in [0.15, 0.2) is 0 Å². The van der Waals surface area contributed by atoms with Crippen LogP contribution in [0.3, 0.4) is 0 Å². The van der Waals surface area contributed by atoms with E-state index in [0.717, 1.165) is 18.5 Å². The maximum Gasteiger partial charge on any atom is 0.270 e. The molecule has 0 bridgehead atoms. The normalized spacial score (nSPS) is 10.2. The molecule has 1 amide bonds. The van der Waals surface area contributed by atoms with Crippen LogP contribution >= 0.6 is 0 Å². The van der Waals surface area contributed by atoms with Gasteiger partial charge in [-0.15, -0.1) is 0 Å². The first-order chi connectivity index (χ1) is 10.2. The topological polar surface area (TPSA) is 66.9 Å². The lowest BCUT2D eigenvalue weighted by atomic mass is 10.2. The van der Waals surface area contributed by atoms with Crippen LogP contribution in [0.1, 0.15) is 35.2 Å². The second-order valence-corrected chi connectivity index (χ2v) is 4.78. The number of benzene rings is 1. The average Bonchev–Trinajstić information content (AvgIpc) is 2.51. The molecule has 2 rings (SSSR count). The zero-order valence-electron chi connectivity index (χ0n) is 12.4. The van der Waals surface area contributed by atoms with Gasteiger partial charge in [-0.2, -0.15) is 0 Å². The maximum absolute atomic E-state index is 12.2. The van der Waals surface area contributed by atoms with Gasteiger partial charge in [-0.05, 0) is 18.9 Å². The van der Waals surface area contributed by atoms with Crippen molar-refractivity contribution in [3.8, 4) is 0 Å². The lowest BCUT2D eigenvalue weighted by Gasteiger charge is -2.08. The summed E-state index contributed by atoms with van der Waals surface area (Å²) in [4.78, 5) is 20.6. The Hall–Kier alpha value is -2.43. The second-order valence-electron chi connectivity index (χ2n) is 4.78. The van der Waals surface area contributed by atoms with Gasteiger partial charge >= 0.3 is 0 Å². The maximum atomic E-state index is 12.2. The Labute approximate surface area is 124 Å². The van der Waals surface area contributed by atoms with Gasteiger partial charge in [-0.25, -0.2) is 9.97 Å². The number of carbonyl (C=O) groups excluding carboxylic acids is 1. The Bertz CT molecular complexity index is 598. The number of hydrogen-bond acceptors (Lipinski definition) is 4. The molecule has 5 nitrogen and oxygen atoms in total. The minimum Gasteiger partial charge on any atom is -0.370 e. The van der Waals surface area contributed by atoms with E-state index in [2.05, 4.69) is 27.5 Å². The third kappa shape index (κ3) is 4.56. The molecule has 0 aliphatic carbocycles. The Morgan fingerprint density at radius 2 is 1.95 bits per heavy atom. The summed E-state index contributed by atoms with van der Waals surface area (Å²) in [6, 6.07) is 11.5. The van der Waals surface area contributed by atoms with Crippen molar-refractivity contribution in [2.75, 3.05) is 11.9 Å². The molecule has 5 heteroatoms. The number of carbonyl (C=O) groups is 1. The van der Waals surface area contributed by atoms with E-state index in [1.54, 1.807) is 13.0 Å². The number of nitrogens with one attached hydrogen (secondary N) is 2. The van der Waals surface area contributed by atoms with Crippen molar-refractivity contribution >= 4 is 11.7 Å². The van der Waals surface area contributed by atoms with Crippen molar-refractivity contribution < 1.29 is 4.79 Å². The fourth-order valence-corrected chi connectivity index (χ4v) is 1.90. The molecule has 0 spiro atoms. The number of anilines is 1. The summed E-state index contributed by atoms with van der Waals surface area (Å²) in [6.45, 7) is 5.17. The van der Waals surface area contributed by atoms with Crippen LogP contribution in [-0.2, 0) is 6.54 Å². The van der Waals surface area contributed by atoms with Gasteiger partial charge in [0.1, 0.15) is 17.3 Å². The number of aromatic nitrogens is 2. The number of aryl methyl sites for hydroxylation is 1. The summed E-state index contributed by atoms with van der Waals surface area (Å²) in [5.74, 6) is 1.08. The van der Waals surface area contributed by atoms with Crippen LogP contribution in [0.25, 0.3) is 0 Å². The Balaban J connectivity index is 2.03. The first kappa shape index (κ1) is 15.0. The molecule has 21 heavy (non-hydrogen) atoms. The molecule has 0 unspecified atom stereocenters. The summed E-state index contributed by atoms with van der Waals surface area (Å²) in [5.41, 5.74) is 1.44. The average molecular weight is 284 g/mol. The van der Waals surface area contributed by atoms with Gasteiger partial charge in [0, 0.05) is 19.2 Å². The number of nitrogens with zero attached hydrogens (tertiary/aromatic N) is 2. The summed E-state index contributed by atoms with van der Waals surface area (Å²) >= 11 is 0. The summed E-state index contributed by atoms with van der Waals surface area (Å²) in [7, 11) is 0. The van der Waals surface area contributed by atoms with E-state index in [1.807, 2.05) is 30.3 Å². The molecule has 0 fully saturated rings. The third-order valence-electron chi connectivity index (χ3n) is 2.92. The molecular weight excluding hydrogens is 264 g/mol. The van der Waals surface area contributed by atoms with Crippen molar-refractivity contribution in [1.29, 1.82) is 0 Å². The van der Waals surface area contributed by atoms with E-state index in [4.69, 9.17) is 0 Å². The van der Waals surface area contributed by atoms with Crippen LogP contribution in [0.15, 0.2) is 36.4 Å². The molecule has 0 radical (unpaired) electrons. The summed E-state index contributed by atoms with van der Waals surface area (Å²) in [6.07, 6.45) is 0.999. The molecule has 0 aliphatic rings. The van der Waals surface area contributed by atoms with Gasteiger partial charge in [0.25, 0.3) is 5.91 Å². The van der Waals surface area contributed by atoms with E-state index < -0.39 is 0 Å². The Morgan fingerprint density at radius 1 is 1.19 bits per heavy atom. The van der Waals surface area contributed by atoms with E-state index >= 15 is 0 Å². The fraction of sp³-hybridized carbons (Fsp3) is 0.312. The van der Waals surface area contributed by atoms with Crippen LogP contribution < -0.4 is 10.6 Å². The van der Waals surface area contributed by atoms with Gasteiger partial charge < -0.3 is 10.6 Å². The van der Waals surface area contributed by atoms with Crippen molar-refractivity contribution in [2.24, 2.45) is 0 Å². The predicted molar refractivity (Wildman–Crippen MR) is 83.2 cm³/mol. The highest BCUT2D eigenvalue weighted by Crippen LogP contribution is 2.07. The molecule has 2 N–H and O–H groups in total. The zero-order valence-corrected chi connectivity index (χ0v) is 12.4. The molecule has 0 saturated carbocycles. The fourth-order valence-electron chi connectivity index (χ4n) is 1.90. The monoisotopic (exact) mass is 284 g/mol. The lowest BCUT2D eigenvalue weighted by Crippen LogP contribution is -2.24. The van der Waals surface area contributed by atoms with Crippen molar-refractivity contribution in [3.05, 3.63) is 53.5 Å². The van der Waals surface area contributed by atoms with Crippen LogP contribution in [0.2, 0.25) is 0 Å². The highest BCUT2D eigenvalue weighted by atomic mass is 16.1. The molecule has 1 aromatic carbocycles. The van der Waals surface area contributed by atoms with E-state index in [-0.39, 0.29) is 5.91 Å². The van der Waals surface area contributed by atoms with Crippen LogP contribution in [0.4, 0.5) is 5.82 Å². The lowest BCUT2D eigenvalue weighted by molar-refractivity contribution is 0.0945. The van der Waals surface area contributed by atoms with Crippen molar-refractivity contribution in [1.82, 2.24) is 15.3 Å². The molecule has 0 saturated heterocycles. The zero-order chi connectivity index (χ0) is 15.1. The number of hydrogen-bond donors (Lipinski definition) is 2.